The Balaban J connectivity index is 4.89. The highest BCUT2D eigenvalue weighted by molar-refractivity contribution is 7.80. The maximum Gasteiger partial charge on any atom is 0.327 e. The number of carbonyl (C=O) groups excluding carboxylic acids is 4. The second kappa shape index (κ2) is 14.7. The lowest BCUT2D eigenvalue weighted by Gasteiger charge is -2.26. The zero-order valence-corrected chi connectivity index (χ0v) is 20.2. The fraction of sp³-hybridized carbons (Fsp3) is 0.750. The Kier molecular flexibility index (Phi) is 13.6. The Morgan fingerprint density at radius 1 is 0.938 bits per heavy atom. The van der Waals surface area contributed by atoms with Gasteiger partial charge >= 0.3 is 5.97 Å². The third kappa shape index (κ3) is 10.8. The summed E-state index contributed by atoms with van der Waals surface area (Å²) in [5, 5.41) is 18.6. The predicted octanol–water partition coefficient (Wildman–Crippen LogP) is -0.989. The molecule has 0 unspecified atom stereocenters. The lowest BCUT2D eigenvalue weighted by atomic mass is 9.96. The number of nitrogens with two attached hydrogens (primary N) is 1. The van der Waals surface area contributed by atoms with Gasteiger partial charge in [0.1, 0.15) is 18.1 Å². The summed E-state index contributed by atoms with van der Waals surface area (Å²) in [7, 11) is 0. The van der Waals surface area contributed by atoms with Crippen molar-refractivity contribution in [1.82, 2.24) is 21.3 Å². The van der Waals surface area contributed by atoms with E-state index in [-0.39, 0.29) is 17.6 Å². The van der Waals surface area contributed by atoms with E-state index < -0.39 is 60.3 Å². The molecule has 7 N–H and O–H groups in total. The van der Waals surface area contributed by atoms with Gasteiger partial charge in [0, 0.05) is 5.75 Å². The largest absolute Gasteiger partial charge is 0.480 e. The Bertz CT molecular complexity index is 675. The normalized spacial score (nSPS) is 15.6. The molecule has 0 bridgehead atoms. The van der Waals surface area contributed by atoms with E-state index in [2.05, 4.69) is 33.9 Å². The molecule has 32 heavy (non-hydrogen) atoms. The van der Waals surface area contributed by atoms with Gasteiger partial charge in [-0.3, -0.25) is 19.2 Å². The highest BCUT2D eigenvalue weighted by atomic mass is 32.1. The average Bonchev–Trinajstić information content (AvgIpc) is 2.72. The maximum atomic E-state index is 12.7. The summed E-state index contributed by atoms with van der Waals surface area (Å²) in [6.45, 7) is 8.51. The number of amides is 4. The number of rotatable bonds is 14. The summed E-state index contributed by atoms with van der Waals surface area (Å²) < 4.78 is 0. The van der Waals surface area contributed by atoms with Gasteiger partial charge in [0.2, 0.25) is 23.6 Å². The molecule has 0 saturated carbocycles. The number of hydrogen-bond acceptors (Lipinski definition) is 7. The van der Waals surface area contributed by atoms with Crippen LogP contribution in [-0.2, 0) is 24.0 Å². The lowest BCUT2D eigenvalue weighted by Crippen LogP contribution is -2.57. The molecule has 0 heterocycles. The van der Waals surface area contributed by atoms with Gasteiger partial charge in [-0.2, -0.15) is 12.6 Å². The van der Waals surface area contributed by atoms with E-state index in [1.165, 1.54) is 6.92 Å². The van der Waals surface area contributed by atoms with Crippen LogP contribution in [0.3, 0.4) is 0 Å². The first-order chi connectivity index (χ1) is 14.8. The lowest BCUT2D eigenvalue weighted by molar-refractivity contribution is -0.141. The predicted molar refractivity (Wildman–Crippen MR) is 123 cm³/mol. The summed E-state index contributed by atoms with van der Waals surface area (Å²) in [5.41, 5.74) is 5.90. The van der Waals surface area contributed by atoms with Crippen molar-refractivity contribution < 1.29 is 29.1 Å². The van der Waals surface area contributed by atoms with Crippen LogP contribution in [0.4, 0.5) is 0 Å². The zero-order chi connectivity index (χ0) is 25.0. The van der Waals surface area contributed by atoms with Gasteiger partial charge in [-0.1, -0.05) is 34.1 Å². The van der Waals surface area contributed by atoms with E-state index >= 15 is 0 Å². The molecule has 0 aliphatic carbocycles. The van der Waals surface area contributed by atoms with Crippen molar-refractivity contribution in [2.45, 2.75) is 71.6 Å². The van der Waals surface area contributed by atoms with Crippen molar-refractivity contribution in [3.05, 3.63) is 0 Å². The quantitative estimate of drug-likeness (QED) is 0.158. The van der Waals surface area contributed by atoms with Crippen LogP contribution >= 0.6 is 12.6 Å². The van der Waals surface area contributed by atoms with Crippen molar-refractivity contribution in [3.8, 4) is 0 Å². The Morgan fingerprint density at radius 3 is 2.00 bits per heavy atom. The first-order valence-electron chi connectivity index (χ1n) is 10.6. The minimum absolute atomic E-state index is 0.106. The van der Waals surface area contributed by atoms with Crippen molar-refractivity contribution in [2.75, 3.05) is 12.3 Å². The average molecular weight is 476 g/mol. The fourth-order valence-electron chi connectivity index (χ4n) is 2.70. The topological polar surface area (TPSA) is 180 Å². The molecule has 5 atom stereocenters. The number of thiol groups is 1. The third-order valence-electron chi connectivity index (χ3n) is 4.85. The summed E-state index contributed by atoms with van der Waals surface area (Å²) in [6.07, 6.45) is 1.08. The van der Waals surface area contributed by atoms with Gasteiger partial charge in [-0.25, -0.2) is 4.79 Å². The highest BCUT2D eigenvalue weighted by Gasteiger charge is 2.30. The number of nitrogens with one attached hydrogen (secondary N) is 4. The summed E-state index contributed by atoms with van der Waals surface area (Å²) in [4.78, 5) is 60.1. The van der Waals surface area contributed by atoms with E-state index in [0.29, 0.717) is 12.8 Å². The molecule has 0 aromatic carbocycles. The molecule has 0 spiro atoms. The second-order valence-corrected chi connectivity index (χ2v) is 8.56. The molecule has 184 valence electrons. The van der Waals surface area contributed by atoms with Crippen LogP contribution in [0.15, 0.2) is 0 Å². The molecule has 0 rings (SSSR count). The van der Waals surface area contributed by atoms with Gasteiger partial charge in [0.05, 0.1) is 12.6 Å². The molecule has 12 heteroatoms. The van der Waals surface area contributed by atoms with Crippen molar-refractivity contribution in [2.24, 2.45) is 17.6 Å². The van der Waals surface area contributed by atoms with Crippen LogP contribution in [0.1, 0.15) is 47.5 Å². The maximum absolute atomic E-state index is 12.7. The fourth-order valence-corrected chi connectivity index (χ4v) is 2.94. The van der Waals surface area contributed by atoms with Crippen molar-refractivity contribution in [1.29, 1.82) is 0 Å². The highest BCUT2D eigenvalue weighted by Crippen LogP contribution is 2.10. The standard InChI is InChI=1S/C20H37N5O6S/c1-6-11(4)16(25-18(28)13(21)7-10(2)3)19(29)23-12(5)17(27)22-8-15(26)24-14(9-32)20(30)31/h10-14,16,32H,6-9,21H2,1-5H3,(H,22,27)(H,23,29)(H,24,26)(H,25,28)(H,30,31)/t11-,12-,13-,14-,16-/m0/s1. The van der Waals surface area contributed by atoms with Gasteiger partial charge in [-0.05, 0) is 25.2 Å². The van der Waals surface area contributed by atoms with Crippen LogP contribution < -0.4 is 27.0 Å². The van der Waals surface area contributed by atoms with Crippen LogP contribution in [0.25, 0.3) is 0 Å². The minimum atomic E-state index is -1.24. The summed E-state index contributed by atoms with van der Waals surface area (Å²) >= 11 is 3.84. The van der Waals surface area contributed by atoms with Gasteiger partial charge in [0.15, 0.2) is 0 Å². The number of carboxylic acids is 1. The first-order valence-corrected chi connectivity index (χ1v) is 11.2. The zero-order valence-electron chi connectivity index (χ0n) is 19.3. The summed E-state index contributed by atoms with van der Waals surface area (Å²) in [6, 6.07) is -3.80. The van der Waals surface area contributed by atoms with Crippen molar-refractivity contribution >= 4 is 42.2 Å². The molecule has 4 amide bonds. The van der Waals surface area contributed by atoms with E-state index in [0.717, 1.165) is 0 Å². The van der Waals surface area contributed by atoms with E-state index in [1.807, 2.05) is 20.8 Å². The molecular formula is C20H37N5O6S. The second-order valence-electron chi connectivity index (χ2n) is 8.20. The SMILES string of the molecule is CC[C@H](C)[C@H](NC(=O)[C@@H](N)CC(C)C)C(=O)N[C@@H](C)C(=O)NCC(=O)N[C@@H](CS)C(=O)O. The monoisotopic (exact) mass is 475 g/mol. The molecule has 0 radical (unpaired) electrons. The molecule has 11 nitrogen and oxygen atoms in total. The molecule has 0 aliphatic rings. The molecule has 0 aliphatic heterocycles. The number of aliphatic carboxylic acids is 1. The minimum Gasteiger partial charge on any atom is -0.480 e. The smallest absolute Gasteiger partial charge is 0.327 e. The van der Waals surface area contributed by atoms with Gasteiger partial charge in [-0.15, -0.1) is 0 Å². The summed E-state index contributed by atoms with van der Waals surface area (Å²) in [5.74, 6) is -3.68. The third-order valence-corrected chi connectivity index (χ3v) is 5.21. The first kappa shape index (κ1) is 29.7. The Morgan fingerprint density at radius 2 is 1.53 bits per heavy atom. The van der Waals surface area contributed by atoms with E-state index in [9.17, 15) is 24.0 Å². The van der Waals surface area contributed by atoms with Crippen LogP contribution in [0, 0.1) is 11.8 Å². The Labute approximate surface area is 194 Å². The van der Waals surface area contributed by atoms with Gasteiger partial charge in [0.25, 0.3) is 0 Å². The van der Waals surface area contributed by atoms with Crippen molar-refractivity contribution in [3.63, 3.8) is 0 Å². The molecule has 0 fully saturated rings. The van der Waals surface area contributed by atoms with Crippen LogP contribution in [0.5, 0.6) is 0 Å². The van der Waals surface area contributed by atoms with Crippen LogP contribution in [-0.4, -0.2) is 71.2 Å². The molecule has 0 aromatic heterocycles. The van der Waals surface area contributed by atoms with Gasteiger partial charge < -0.3 is 32.1 Å². The van der Waals surface area contributed by atoms with E-state index in [4.69, 9.17) is 10.8 Å². The number of carbonyl (C=O) groups is 5. The van der Waals surface area contributed by atoms with Crippen LogP contribution in [0.2, 0.25) is 0 Å². The molecular weight excluding hydrogens is 438 g/mol. The molecule has 0 saturated heterocycles. The number of hydrogen-bond donors (Lipinski definition) is 7. The number of carboxylic acid groups (broad SMARTS) is 1. The molecule has 0 aromatic rings. The van der Waals surface area contributed by atoms with E-state index in [1.54, 1.807) is 6.92 Å². The Hall–Kier alpha value is -2.34.